The third-order valence-electron chi connectivity index (χ3n) is 9.74. The summed E-state index contributed by atoms with van der Waals surface area (Å²) in [5, 5.41) is 0. The molecule has 6 aromatic rings. The quantitative estimate of drug-likeness (QED) is 0.210. The number of likely N-dealkylation sites (tertiary alicyclic amines) is 1. The van der Waals surface area contributed by atoms with E-state index in [2.05, 4.69) is 55.7 Å². The highest BCUT2D eigenvalue weighted by molar-refractivity contribution is 5.84. The molecule has 0 radical (unpaired) electrons. The average Bonchev–Trinajstić information content (AvgIpc) is 3.88. The summed E-state index contributed by atoms with van der Waals surface area (Å²) >= 11 is 0. The molecule has 2 fully saturated rings. The van der Waals surface area contributed by atoms with Gasteiger partial charge in [0.05, 0.1) is 16.9 Å². The van der Waals surface area contributed by atoms with Gasteiger partial charge in [0.2, 0.25) is 10.9 Å². The maximum atomic E-state index is 12.6. The molecule has 2 N–H and O–H groups in total. The molecular weight excluding hydrogens is 586 g/mol. The van der Waals surface area contributed by atoms with E-state index in [1.165, 1.54) is 5.56 Å². The van der Waals surface area contributed by atoms with Crippen LogP contribution in [0.25, 0.3) is 39.5 Å². The lowest BCUT2D eigenvalue weighted by Crippen LogP contribution is -2.52. The zero-order valence-electron chi connectivity index (χ0n) is 26.5. The summed E-state index contributed by atoms with van der Waals surface area (Å²) < 4.78 is 2.07. The number of pyridine rings is 2. The fraction of sp³-hybridized carbons (Fsp3) is 0.289. The van der Waals surface area contributed by atoms with Crippen molar-refractivity contribution in [1.82, 2.24) is 24.4 Å². The molecule has 0 unspecified atom stereocenters. The SMILES string of the molecule is CCc1c(N(C2CC2)C2CCN(Cc3ccc(-n4c(-c5cccnc5N)nc5ccc(-c6ccccc6)nc54)cc3)CC2)c(=O)c1=O. The lowest BCUT2D eigenvalue weighted by atomic mass is 9.97. The third kappa shape index (κ3) is 5.30. The van der Waals surface area contributed by atoms with Crippen molar-refractivity contribution in [3.63, 3.8) is 0 Å². The minimum absolute atomic E-state index is 0.275. The van der Waals surface area contributed by atoms with Gasteiger partial charge in [-0.2, -0.15) is 0 Å². The van der Waals surface area contributed by atoms with Crippen LogP contribution in [-0.2, 0) is 13.0 Å². The van der Waals surface area contributed by atoms with Gasteiger partial charge in [0, 0.05) is 54.7 Å². The number of anilines is 2. The van der Waals surface area contributed by atoms with E-state index in [1.807, 2.05) is 49.4 Å². The summed E-state index contributed by atoms with van der Waals surface area (Å²) in [6.45, 7) is 4.73. The zero-order valence-corrected chi connectivity index (χ0v) is 26.5. The van der Waals surface area contributed by atoms with E-state index < -0.39 is 0 Å². The van der Waals surface area contributed by atoms with Crippen molar-refractivity contribution in [2.45, 2.75) is 57.7 Å². The predicted octanol–water partition coefficient (Wildman–Crippen LogP) is 5.52. The molecule has 1 saturated carbocycles. The molecule has 8 rings (SSSR count). The monoisotopic (exact) mass is 623 g/mol. The van der Waals surface area contributed by atoms with Gasteiger partial charge in [-0.05, 0) is 74.1 Å². The van der Waals surface area contributed by atoms with Crippen molar-refractivity contribution < 1.29 is 0 Å². The largest absolute Gasteiger partial charge is 0.383 e. The first kappa shape index (κ1) is 29.3. The molecule has 9 nitrogen and oxygen atoms in total. The maximum Gasteiger partial charge on any atom is 0.249 e. The van der Waals surface area contributed by atoms with Gasteiger partial charge in [0.25, 0.3) is 0 Å². The summed E-state index contributed by atoms with van der Waals surface area (Å²) in [5.74, 6) is 1.12. The van der Waals surface area contributed by atoms with Crippen molar-refractivity contribution in [3.8, 4) is 28.3 Å². The zero-order chi connectivity index (χ0) is 32.1. The van der Waals surface area contributed by atoms with Crippen LogP contribution in [0.2, 0.25) is 0 Å². The fourth-order valence-corrected chi connectivity index (χ4v) is 7.17. The second-order valence-corrected chi connectivity index (χ2v) is 12.8. The molecular formula is C38H37N7O2. The Kier molecular flexibility index (Phi) is 7.41. The topological polar surface area (TPSA) is 110 Å². The Morgan fingerprint density at radius 2 is 1.57 bits per heavy atom. The summed E-state index contributed by atoms with van der Waals surface area (Å²) in [5.41, 5.74) is 13.6. The number of nitrogens with zero attached hydrogens (tertiary/aromatic N) is 6. The molecule has 9 heteroatoms. The number of hydrogen-bond acceptors (Lipinski definition) is 8. The molecule has 1 aliphatic heterocycles. The van der Waals surface area contributed by atoms with Crippen LogP contribution in [0, 0.1) is 0 Å². The number of imidazole rings is 1. The normalized spacial score (nSPS) is 15.9. The van der Waals surface area contributed by atoms with Crippen LogP contribution in [0.4, 0.5) is 11.5 Å². The van der Waals surface area contributed by atoms with Crippen molar-refractivity contribution in [1.29, 1.82) is 0 Å². The van der Waals surface area contributed by atoms with E-state index in [1.54, 1.807) is 6.20 Å². The van der Waals surface area contributed by atoms with Gasteiger partial charge in [-0.1, -0.05) is 49.4 Å². The molecule has 236 valence electrons. The second kappa shape index (κ2) is 11.9. The molecule has 3 aromatic carbocycles. The number of rotatable bonds is 9. The van der Waals surface area contributed by atoms with Crippen molar-refractivity contribution in [2.24, 2.45) is 0 Å². The van der Waals surface area contributed by atoms with Crippen LogP contribution in [-0.4, -0.2) is 49.6 Å². The lowest BCUT2D eigenvalue weighted by molar-refractivity contribution is 0.200. The van der Waals surface area contributed by atoms with Gasteiger partial charge in [0.15, 0.2) is 11.5 Å². The standard InChI is InChI=1S/C38H37N7O2/c1-2-29-33(35(47)34(29)46)44(26-14-15-26)28-18-21-43(22-19-28)23-24-10-12-27(13-11-24)45-37(30-9-6-20-40-36(30)39)42-32-17-16-31(41-38(32)45)25-7-4-3-5-8-25/h3-13,16-17,20,26,28H,2,14-15,18-19,21-23H2,1H3,(H2,39,40). The van der Waals surface area contributed by atoms with Gasteiger partial charge >= 0.3 is 0 Å². The molecule has 3 aromatic heterocycles. The predicted molar refractivity (Wildman–Crippen MR) is 186 cm³/mol. The minimum Gasteiger partial charge on any atom is -0.383 e. The van der Waals surface area contributed by atoms with Gasteiger partial charge in [0.1, 0.15) is 11.3 Å². The van der Waals surface area contributed by atoms with Gasteiger partial charge in [-0.15, -0.1) is 0 Å². The Morgan fingerprint density at radius 3 is 2.28 bits per heavy atom. The third-order valence-corrected chi connectivity index (χ3v) is 9.74. The maximum absolute atomic E-state index is 12.6. The Bertz CT molecular complexity index is 2140. The van der Waals surface area contributed by atoms with Crippen molar-refractivity contribution in [3.05, 3.63) is 117 Å². The first-order valence-corrected chi connectivity index (χ1v) is 16.6. The second-order valence-electron chi connectivity index (χ2n) is 12.8. The first-order valence-electron chi connectivity index (χ1n) is 16.6. The fourth-order valence-electron chi connectivity index (χ4n) is 7.17. The molecule has 47 heavy (non-hydrogen) atoms. The molecule has 0 amide bonds. The van der Waals surface area contributed by atoms with E-state index >= 15 is 0 Å². The number of hydrogen-bond donors (Lipinski definition) is 1. The summed E-state index contributed by atoms with van der Waals surface area (Å²) in [6, 6.07) is 27.3. The molecule has 0 spiro atoms. The highest BCUT2D eigenvalue weighted by Crippen LogP contribution is 2.37. The van der Waals surface area contributed by atoms with Crippen LogP contribution < -0.4 is 21.5 Å². The number of aromatic nitrogens is 4. The smallest absolute Gasteiger partial charge is 0.249 e. The van der Waals surface area contributed by atoms with Crippen molar-refractivity contribution >= 4 is 22.7 Å². The number of nitrogen functional groups attached to an aromatic ring is 1. The Hall–Kier alpha value is -5.15. The van der Waals surface area contributed by atoms with E-state index in [0.717, 1.165) is 90.2 Å². The Balaban J connectivity index is 1.04. The number of benzene rings is 2. The van der Waals surface area contributed by atoms with Crippen molar-refractivity contribution in [2.75, 3.05) is 23.7 Å². The summed E-state index contributed by atoms with van der Waals surface area (Å²) in [7, 11) is 0. The average molecular weight is 624 g/mol. The Labute approximate surface area is 273 Å². The summed E-state index contributed by atoms with van der Waals surface area (Å²) in [6.07, 6.45) is 6.52. The highest BCUT2D eigenvalue weighted by Gasteiger charge is 2.40. The highest BCUT2D eigenvalue weighted by atomic mass is 16.2. The number of fused-ring (bicyclic) bond motifs is 1. The van der Waals surface area contributed by atoms with E-state index in [-0.39, 0.29) is 10.9 Å². The van der Waals surface area contributed by atoms with E-state index in [0.29, 0.717) is 30.1 Å². The molecule has 1 aliphatic carbocycles. The minimum atomic E-state index is -0.277. The van der Waals surface area contributed by atoms with Crippen LogP contribution in [0.15, 0.2) is 94.6 Å². The Morgan fingerprint density at radius 1 is 0.830 bits per heavy atom. The molecule has 1 saturated heterocycles. The van der Waals surface area contributed by atoms with Crippen LogP contribution in [0.1, 0.15) is 43.7 Å². The van der Waals surface area contributed by atoms with Gasteiger partial charge < -0.3 is 10.6 Å². The van der Waals surface area contributed by atoms with Gasteiger partial charge in [-0.25, -0.2) is 15.0 Å². The molecule has 2 aliphatic rings. The molecule has 0 bridgehead atoms. The van der Waals surface area contributed by atoms with Crippen LogP contribution in [0.3, 0.4) is 0 Å². The van der Waals surface area contributed by atoms with Gasteiger partial charge in [-0.3, -0.25) is 19.1 Å². The summed E-state index contributed by atoms with van der Waals surface area (Å²) in [4.78, 5) is 43.9. The first-order chi connectivity index (χ1) is 23.0. The van der Waals surface area contributed by atoms with E-state index in [4.69, 9.17) is 15.7 Å². The molecule has 0 atom stereocenters. The lowest BCUT2D eigenvalue weighted by Gasteiger charge is -2.41. The molecule has 4 heterocycles. The van der Waals surface area contributed by atoms with E-state index in [9.17, 15) is 9.59 Å². The number of nitrogens with two attached hydrogens (primary N) is 1. The van der Waals surface area contributed by atoms with Crippen LogP contribution in [0.5, 0.6) is 0 Å². The van der Waals surface area contributed by atoms with Crippen LogP contribution >= 0.6 is 0 Å². The number of piperidine rings is 1.